The average molecular weight is 309 g/mol. The van der Waals surface area contributed by atoms with E-state index in [9.17, 15) is 9.59 Å². The molecule has 0 aliphatic heterocycles. The summed E-state index contributed by atoms with van der Waals surface area (Å²) in [6, 6.07) is 13.1. The van der Waals surface area contributed by atoms with Crippen molar-refractivity contribution in [1.29, 1.82) is 0 Å². The third kappa shape index (κ3) is 3.46. The Balaban J connectivity index is 1.71. The van der Waals surface area contributed by atoms with Crippen LogP contribution in [0.4, 0.5) is 16.2 Å². The summed E-state index contributed by atoms with van der Waals surface area (Å²) in [6.45, 7) is -0.0351. The summed E-state index contributed by atoms with van der Waals surface area (Å²) in [6.07, 6.45) is 2.99. The lowest BCUT2D eigenvalue weighted by molar-refractivity contribution is -0.118. The molecule has 23 heavy (non-hydrogen) atoms. The third-order valence-corrected chi connectivity index (χ3v) is 3.25. The van der Waals surface area contributed by atoms with Crippen LogP contribution in [0.3, 0.4) is 0 Å². The molecular weight excluding hydrogens is 294 g/mol. The number of carbonyl (C=O) groups excluding carboxylic acids is 2. The van der Waals surface area contributed by atoms with Crippen molar-refractivity contribution in [1.82, 2.24) is 9.78 Å². The molecule has 0 bridgehead atoms. The minimum Gasteiger partial charge on any atom is -0.368 e. The number of primary amides is 1. The van der Waals surface area contributed by atoms with Gasteiger partial charge in [0.25, 0.3) is 0 Å². The van der Waals surface area contributed by atoms with Crippen LogP contribution in [0.15, 0.2) is 54.9 Å². The smallest absolute Gasteiger partial charge is 0.323 e. The topological polar surface area (TPSA) is 102 Å². The first-order valence-electron chi connectivity index (χ1n) is 6.98. The van der Waals surface area contributed by atoms with Crippen molar-refractivity contribution in [3.05, 3.63) is 54.9 Å². The fourth-order valence-corrected chi connectivity index (χ4v) is 2.29. The summed E-state index contributed by atoms with van der Waals surface area (Å²) in [5, 5.41) is 11.4. The molecule has 0 fully saturated rings. The van der Waals surface area contributed by atoms with Gasteiger partial charge in [0.05, 0.1) is 17.6 Å². The zero-order chi connectivity index (χ0) is 16.2. The van der Waals surface area contributed by atoms with E-state index in [0.29, 0.717) is 11.4 Å². The molecule has 116 valence electrons. The number of anilines is 2. The van der Waals surface area contributed by atoms with Crippen LogP contribution >= 0.6 is 0 Å². The van der Waals surface area contributed by atoms with E-state index in [0.717, 1.165) is 10.8 Å². The SMILES string of the molecule is NC(=O)Cn1cc(NC(=O)Nc2cccc3ccccc23)cn1. The van der Waals surface area contributed by atoms with Crippen LogP contribution in [-0.2, 0) is 11.3 Å². The number of benzene rings is 2. The molecule has 4 N–H and O–H groups in total. The molecule has 7 nitrogen and oxygen atoms in total. The highest BCUT2D eigenvalue weighted by atomic mass is 16.2. The molecule has 0 aliphatic rings. The van der Waals surface area contributed by atoms with E-state index >= 15 is 0 Å². The van der Waals surface area contributed by atoms with Crippen molar-refractivity contribution < 1.29 is 9.59 Å². The highest BCUT2D eigenvalue weighted by molar-refractivity contribution is 6.06. The molecule has 0 aliphatic carbocycles. The van der Waals surface area contributed by atoms with Crippen LogP contribution in [0, 0.1) is 0 Å². The van der Waals surface area contributed by atoms with Crippen LogP contribution in [-0.4, -0.2) is 21.7 Å². The van der Waals surface area contributed by atoms with Gasteiger partial charge in [0.15, 0.2) is 0 Å². The third-order valence-electron chi connectivity index (χ3n) is 3.25. The molecule has 0 radical (unpaired) electrons. The Morgan fingerprint density at radius 2 is 1.87 bits per heavy atom. The number of hydrogen-bond donors (Lipinski definition) is 3. The van der Waals surface area contributed by atoms with Gasteiger partial charge in [-0.1, -0.05) is 36.4 Å². The van der Waals surface area contributed by atoms with Gasteiger partial charge >= 0.3 is 6.03 Å². The van der Waals surface area contributed by atoms with Crippen molar-refractivity contribution in [2.45, 2.75) is 6.54 Å². The Kier molecular flexibility index (Phi) is 3.92. The van der Waals surface area contributed by atoms with Crippen molar-refractivity contribution >= 4 is 34.1 Å². The monoisotopic (exact) mass is 309 g/mol. The van der Waals surface area contributed by atoms with Gasteiger partial charge in [0.1, 0.15) is 6.54 Å². The number of nitrogens with one attached hydrogen (secondary N) is 2. The van der Waals surface area contributed by atoms with E-state index in [4.69, 9.17) is 5.73 Å². The first-order valence-corrected chi connectivity index (χ1v) is 6.98. The van der Waals surface area contributed by atoms with Crippen LogP contribution in [0.25, 0.3) is 10.8 Å². The minimum absolute atomic E-state index is 0.0351. The normalized spacial score (nSPS) is 10.4. The summed E-state index contributed by atoms with van der Waals surface area (Å²) >= 11 is 0. The maximum absolute atomic E-state index is 12.1. The molecule has 0 saturated heterocycles. The summed E-state index contributed by atoms with van der Waals surface area (Å²) in [5.74, 6) is -0.500. The number of rotatable bonds is 4. The molecule has 3 rings (SSSR count). The Labute approximate surface area is 132 Å². The van der Waals surface area contributed by atoms with E-state index in [1.54, 1.807) is 0 Å². The van der Waals surface area contributed by atoms with Gasteiger partial charge in [-0.2, -0.15) is 5.10 Å². The number of aromatic nitrogens is 2. The number of carbonyl (C=O) groups is 2. The van der Waals surface area contributed by atoms with Crippen LogP contribution in [0.1, 0.15) is 0 Å². The molecule has 0 atom stereocenters. The van der Waals surface area contributed by atoms with Gasteiger partial charge in [0.2, 0.25) is 5.91 Å². The van der Waals surface area contributed by atoms with Crippen molar-refractivity contribution in [2.24, 2.45) is 5.73 Å². The molecule has 1 aromatic heterocycles. The molecule has 0 unspecified atom stereocenters. The van der Waals surface area contributed by atoms with Gasteiger partial charge in [-0.3, -0.25) is 9.48 Å². The Morgan fingerprint density at radius 3 is 2.70 bits per heavy atom. The quantitative estimate of drug-likeness (QED) is 0.688. The highest BCUT2D eigenvalue weighted by Crippen LogP contribution is 2.23. The lowest BCUT2D eigenvalue weighted by Crippen LogP contribution is -2.20. The van der Waals surface area contributed by atoms with E-state index in [2.05, 4.69) is 15.7 Å². The fourth-order valence-electron chi connectivity index (χ4n) is 2.29. The van der Waals surface area contributed by atoms with Crippen molar-refractivity contribution in [2.75, 3.05) is 10.6 Å². The van der Waals surface area contributed by atoms with Crippen molar-refractivity contribution in [3.8, 4) is 0 Å². The Bertz CT molecular complexity index is 866. The number of nitrogens with two attached hydrogens (primary N) is 1. The number of amides is 3. The highest BCUT2D eigenvalue weighted by Gasteiger charge is 2.07. The predicted octanol–water partition coefficient (Wildman–Crippen LogP) is 2.17. The number of hydrogen-bond acceptors (Lipinski definition) is 3. The van der Waals surface area contributed by atoms with Gasteiger partial charge in [-0.15, -0.1) is 0 Å². The number of nitrogens with zero attached hydrogens (tertiary/aromatic N) is 2. The molecule has 1 heterocycles. The summed E-state index contributed by atoms with van der Waals surface area (Å²) in [5.41, 5.74) is 6.28. The van der Waals surface area contributed by atoms with Crippen LogP contribution in [0.5, 0.6) is 0 Å². The first-order chi connectivity index (χ1) is 11.1. The zero-order valence-corrected chi connectivity index (χ0v) is 12.2. The molecule has 3 amide bonds. The van der Waals surface area contributed by atoms with E-state index in [1.165, 1.54) is 17.1 Å². The van der Waals surface area contributed by atoms with Gasteiger partial charge in [-0.25, -0.2) is 4.79 Å². The van der Waals surface area contributed by atoms with Crippen molar-refractivity contribution in [3.63, 3.8) is 0 Å². The zero-order valence-electron chi connectivity index (χ0n) is 12.2. The maximum atomic E-state index is 12.1. The van der Waals surface area contributed by atoms with Crippen LogP contribution < -0.4 is 16.4 Å². The molecule has 0 saturated carbocycles. The maximum Gasteiger partial charge on any atom is 0.323 e. The standard InChI is InChI=1S/C16H15N5O2/c17-15(22)10-21-9-12(8-18-21)19-16(23)20-14-7-3-5-11-4-1-2-6-13(11)14/h1-9H,10H2,(H2,17,22)(H2,19,20,23). The van der Waals surface area contributed by atoms with E-state index in [1.807, 2.05) is 42.5 Å². The lowest BCUT2D eigenvalue weighted by atomic mass is 10.1. The van der Waals surface area contributed by atoms with E-state index in [-0.39, 0.29) is 12.6 Å². The second-order valence-corrected chi connectivity index (χ2v) is 5.00. The fraction of sp³-hybridized carbons (Fsp3) is 0.0625. The molecule has 0 spiro atoms. The Morgan fingerprint density at radius 1 is 1.09 bits per heavy atom. The van der Waals surface area contributed by atoms with Gasteiger partial charge < -0.3 is 16.4 Å². The second-order valence-electron chi connectivity index (χ2n) is 5.00. The average Bonchev–Trinajstić information content (AvgIpc) is 2.93. The summed E-state index contributed by atoms with van der Waals surface area (Å²) in [4.78, 5) is 22.9. The van der Waals surface area contributed by atoms with Gasteiger partial charge in [0, 0.05) is 11.6 Å². The number of urea groups is 1. The van der Waals surface area contributed by atoms with Crippen LogP contribution in [0.2, 0.25) is 0 Å². The largest absolute Gasteiger partial charge is 0.368 e. The second kappa shape index (κ2) is 6.18. The predicted molar refractivity (Wildman–Crippen MR) is 88.0 cm³/mol. The molecule has 3 aromatic rings. The van der Waals surface area contributed by atoms with Gasteiger partial charge in [-0.05, 0) is 11.5 Å². The Hall–Kier alpha value is -3.35. The minimum atomic E-state index is -0.500. The number of fused-ring (bicyclic) bond motifs is 1. The molecule has 2 aromatic carbocycles. The summed E-state index contributed by atoms with van der Waals surface area (Å²) < 4.78 is 1.36. The van der Waals surface area contributed by atoms with E-state index < -0.39 is 5.91 Å². The lowest BCUT2D eigenvalue weighted by Gasteiger charge is -2.09. The molecule has 7 heteroatoms. The molecular formula is C16H15N5O2. The summed E-state index contributed by atoms with van der Waals surface area (Å²) in [7, 11) is 0. The first kappa shape index (κ1) is 14.6.